The van der Waals surface area contributed by atoms with Crippen molar-refractivity contribution in [2.24, 2.45) is 4.99 Å². The molecule has 5 rings (SSSR count). The van der Waals surface area contributed by atoms with E-state index in [0.29, 0.717) is 5.75 Å². The molecular weight excluding hydrogens is 396 g/mol. The molecule has 0 spiro atoms. The van der Waals surface area contributed by atoms with E-state index in [1.54, 1.807) is 11.9 Å². The lowest BCUT2D eigenvalue weighted by molar-refractivity contribution is -0.118. The minimum absolute atomic E-state index is 0.0755. The number of carbonyl (C=O) groups excluding carboxylic acids is 1. The summed E-state index contributed by atoms with van der Waals surface area (Å²) in [5.41, 5.74) is 4.30. The molecule has 1 atom stereocenters. The number of anilines is 1. The largest absolute Gasteiger partial charge is 0.457 e. The van der Waals surface area contributed by atoms with Crippen LogP contribution in [0.4, 0.5) is 5.69 Å². The summed E-state index contributed by atoms with van der Waals surface area (Å²) < 4.78 is 6.19. The van der Waals surface area contributed by atoms with Gasteiger partial charge in [0.15, 0.2) is 6.04 Å². The SMILES string of the molecule is CN1C(=O)C(N=C(c2ccccc2)c2ccccc2)c2c(Oc3ccccc3)cccc21. The highest BCUT2D eigenvalue weighted by Gasteiger charge is 2.38. The first-order valence-corrected chi connectivity index (χ1v) is 10.5. The Morgan fingerprint density at radius 1 is 0.750 bits per heavy atom. The summed E-state index contributed by atoms with van der Waals surface area (Å²) in [4.78, 5) is 20.0. The molecule has 0 saturated carbocycles. The van der Waals surface area contributed by atoms with Gasteiger partial charge in [0.05, 0.1) is 17.0 Å². The fourth-order valence-corrected chi connectivity index (χ4v) is 3.99. The van der Waals surface area contributed by atoms with Crippen LogP contribution >= 0.6 is 0 Å². The van der Waals surface area contributed by atoms with Gasteiger partial charge in [-0.2, -0.15) is 0 Å². The molecule has 1 unspecified atom stereocenters. The van der Waals surface area contributed by atoms with E-state index in [1.165, 1.54) is 0 Å². The van der Waals surface area contributed by atoms with Crippen LogP contribution in [-0.4, -0.2) is 18.7 Å². The van der Waals surface area contributed by atoms with Gasteiger partial charge in [0.25, 0.3) is 5.91 Å². The van der Waals surface area contributed by atoms with Gasteiger partial charge in [0.1, 0.15) is 11.5 Å². The summed E-state index contributed by atoms with van der Waals surface area (Å²) in [5.74, 6) is 1.28. The van der Waals surface area contributed by atoms with Crippen molar-refractivity contribution >= 4 is 17.3 Å². The van der Waals surface area contributed by atoms with Crippen molar-refractivity contribution in [3.8, 4) is 11.5 Å². The zero-order valence-corrected chi connectivity index (χ0v) is 17.7. The van der Waals surface area contributed by atoms with Gasteiger partial charge in [-0.05, 0) is 24.3 Å². The summed E-state index contributed by atoms with van der Waals surface area (Å²) in [5, 5.41) is 0. The third-order valence-electron chi connectivity index (χ3n) is 5.57. The molecule has 1 aliphatic heterocycles. The molecule has 156 valence electrons. The van der Waals surface area contributed by atoms with Gasteiger partial charge in [-0.1, -0.05) is 84.9 Å². The van der Waals surface area contributed by atoms with Crippen LogP contribution in [0.3, 0.4) is 0 Å². The molecule has 4 heteroatoms. The molecule has 0 aromatic heterocycles. The number of ether oxygens (including phenoxy) is 1. The lowest BCUT2D eigenvalue weighted by atomic mass is 10.0. The van der Waals surface area contributed by atoms with Gasteiger partial charge < -0.3 is 9.64 Å². The second-order valence-electron chi connectivity index (χ2n) is 7.61. The molecule has 1 aliphatic rings. The molecule has 1 amide bonds. The fraction of sp³-hybridized carbons (Fsp3) is 0.0714. The van der Waals surface area contributed by atoms with E-state index >= 15 is 0 Å². The van der Waals surface area contributed by atoms with Crippen molar-refractivity contribution in [2.45, 2.75) is 6.04 Å². The van der Waals surface area contributed by atoms with Crippen molar-refractivity contribution in [3.63, 3.8) is 0 Å². The van der Waals surface area contributed by atoms with Crippen molar-refractivity contribution < 1.29 is 9.53 Å². The number of hydrogen-bond donors (Lipinski definition) is 0. The number of benzene rings is 4. The number of hydrogen-bond acceptors (Lipinski definition) is 3. The average Bonchev–Trinajstić information content (AvgIpc) is 3.10. The van der Waals surface area contributed by atoms with Crippen molar-refractivity contribution in [2.75, 3.05) is 11.9 Å². The number of nitrogens with zero attached hydrogens (tertiary/aromatic N) is 2. The third-order valence-corrected chi connectivity index (χ3v) is 5.57. The fourth-order valence-electron chi connectivity index (χ4n) is 3.99. The number of likely N-dealkylation sites (N-methyl/N-ethyl adjacent to an activating group) is 1. The first-order chi connectivity index (χ1) is 15.7. The molecule has 0 radical (unpaired) electrons. The Labute approximate surface area is 187 Å². The van der Waals surface area contributed by atoms with Crippen LogP contribution in [0.2, 0.25) is 0 Å². The second kappa shape index (κ2) is 8.52. The molecule has 0 aliphatic carbocycles. The van der Waals surface area contributed by atoms with Crippen LogP contribution in [0.25, 0.3) is 0 Å². The highest BCUT2D eigenvalue weighted by molar-refractivity contribution is 6.15. The van der Waals surface area contributed by atoms with E-state index in [-0.39, 0.29) is 5.91 Å². The molecule has 4 aromatic rings. The van der Waals surface area contributed by atoms with Gasteiger partial charge >= 0.3 is 0 Å². The first kappa shape index (κ1) is 19.8. The summed E-state index contributed by atoms with van der Waals surface area (Å²) in [6.07, 6.45) is 0. The lowest BCUT2D eigenvalue weighted by Crippen LogP contribution is -2.24. The van der Waals surface area contributed by atoms with Crippen molar-refractivity contribution in [1.29, 1.82) is 0 Å². The number of fused-ring (bicyclic) bond motifs is 1. The Morgan fingerprint density at radius 2 is 1.31 bits per heavy atom. The molecule has 0 saturated heterocycles. The second-order valence-corrected chi connectivity index (χ2v) is 7.61. The zero-order chi connectivity index (χ0) is 21.9. The number of carbonyl (C=O) groups is 1. The summed E-state index contributed by atoms with van der Waals surface area (Å²) >= 11 is 0. The van der Waals surface area contributed by atoms with Crippen LogP contribution in [0.1, 0.15) is 22.7 Å². The predicted octanol–water partition coefficient (Wildman–Crippen LogP) is 6.03. The number of aliphatic imine (C=N–C) groups is 1. The van der Waals surface area contributed by atoms with E-state index in [1.807, 2.05) is 109 Å². The van der Waals surface area contributed by atoms with E-state index in [9.17, 15) is 4.79 Å². The minimum Gasteiger partial charge on any atom is -0.457 e. The first-order valence-electron chi connectivity index (χ1n) is 10.5. The summed E-state index contributed by atoms with van der Waals surface area (Å²) in [7, 11) is 1.79. The van der Waals surface area contributed by atoms with Crippen LogP contribution in [-0.2, 0) is 4.79 Å². The van der Waals surface area contributed by atoms with Crippen molar-refractivity contribution in [3.05, 3.63) is 126 Å². The number of para-hydroxylation sites is 1. The smallest absolute Gasteiger partial charge is 0.256 e. The monoisotopic (exact) mass is 418 g/mol. The normalized spacial score (nSPS) is 14.7. The van der Waals surface area contributed by atoms with Crippen LogP contribution in [0, 0.1) is 0 Å². The highest BCUT2D eigenvalue weighted by atomic mass is 16.5. The molecule has 4 nitrogen and oxygen atoms in total. The predicted molar refractivity (Wildman–Crippen MR) is 128 cm³/mol. The van der Waals surface area contributed by atoms with Crippen LogP contribution in [0.15, 0.2) is 114 Å². The number of rotatable bonds is 5. The molecule has 0 N–H and O–H groups in total. The lowest BCUT2D eigenvalue weighted by Gasteiger charge is -2.14. The Balaban J connectivity index is 1.66. The molecular formula is C28H22N2O2. The summed E-state index contributed by atoms with van der Waals surface area (Å²) in [6, 6.07) is 34.6. The van der Waals surface area contributed by atoms with Gasteiger partial charge in [-0.15, -0.1) is 0 Å². The minimum atomic E-state index is -0.690. The number of amides is 1. The van der Waals surface area contributed by atoms with E-state index in [0.717, 1.165) is 33.8 Å². The maximum atomic E-state index is 13.3. The maximum absolute atomic E-state index is 13.3. The Bertz CT molecular complexity index is 1230. The maximum Gasteiger partial charge on any atom is 0.256 e. The quantitative estimate of drug-likeness (QED) is 0.371. The molecule has 32 heavy (non-hydrogen) atoms. The Kier molecular flexibility index (Phi) is 5.26. The van der Waals surface area contributed by atoms with Gasteiger partial charge in [-0.3, -0.25) is 9.79 Å². The molecule has 0 bridgehead atoms. The Hall–Kier alpha value is -4.18. The van der Waals surface area contributed by atoms with E-state index in [4.69, 9.17) is 9.73 Å². The van der Waals surface area contributed by atoms with E-state index in [2.05, 4.69) is 0 Å². The van der Waals surface area contributed by atoms with Gasteiger partial charge in [-0.25, -0.2) is 0 Å². The zero-order valence-electron chi connectivity index (χ0n) is 17.7. The van der Waals surface area contributed by atoms with E-state index < -0.39 is 6.04 Å². The van der Waals surface area contributed by atoms with Crippen LogP contribution < -0.4 is 9.64 Å². The summed E-state index contributed by atoms with van der Waals surface area (Å²) in [6.45, 7) is 0. The van der Waals surface area contributed by atoms with Crippen molar-refractivity contribution in [1.82, 2.24) is 0 Å². The van der Waals surface area contributed by atoms with Crippen LogP contribution in [0.5, 0.6) is 11.5 Å². The van der Waals surface area contributed by atoms with Gasteiger partial charge in [0.2, 0.25) is 0 Å². The third kappa shape index (κ3) is 3.67. The average molecular weight is 418 g/mol. The highest BCUT2D eigenvalue weighted by Crippen LogP contribution is 2.44. The molecule has 0 fully saturated rings. The van der Waals surface area contributed by atoms with Gasteiger partial charge in [0, 0.05) is 18.2 Å². The Morgan fingerprint density at radius 3 is 1.91 bits per heavy atom. The standard InChI is InChI=1S/C28H22N2O2/c1-30-23-18-11-19-24(32-22-16-9-4-10-17-22)25(23)27(28(30)31)29-26(20-12-5-2-6-13-20)21-14-7-3-8-15-21/h2-19,27H,1H3. The molecule has 4 aromatic carbocycles. The topological polar surface area (TPSA) is 41.9 Å². The molecule has 1 heterocycles.